The van der Waals surface area contributed by atoms with Crippen molar-refractivity contribution in [1.82, 2.24) is 0 Å². The van der Waals surface area contributed by atoms with Crippen LogP contribution in [0, 0.1) is 13.8 Å². The number of rotatable bonds is 0. The van der Waals surface area contributed by atoms with Gasteiger partial charge in [-0.15, -0.1) is 0 Å². The third kappa shape index (κ3) is 3.46. The molecule has 1 aromatic rings. The van der Waals surface area contributed by atoms with Gasteiger partial charge in [-0.25, -0.2) is 0 Å². The Morgan fingerprint density at radius 1 is 1.00 bits per heavy atom. The van der Waals surface area contributed by atoms with Crippen LogP contribution in [0.15, 0.2) is 12.1 Å². The van der Waals surface area contributed by atoms with Crippen molar-refractivity contribution in [3.63, 3.8) is 0 Å². The van der Waals surface area contributed by atoms with Crippen molar-refractivity contribution in [2.45, 2.75) is 33.9 Å². The van der Waals surface area contributed by atoms with Crippen LogP contribution in [-0.2, 0) is 6.18 Å². The zero-order chi connectivity index (χ0) is 12.2. The second-order valence-corrected chi connectivity index (χ2v) is 3.02. The van der Waals surface area contributed by atoms with Gasteiger partial charge in [0, 0.05) is 5.69 Å². The number of halogens is 3. The summed E-state index contributed by atoms with van der Waals surface area (Å²) in [6, 6.07) is 2.12. The Bertz CT molecular complexity index is 306. The summed E-state index contributed by atoms with van der Waals surface area (Å²) in [5, 5.41) is 0. The molecule has 1 aromatic carbocycles. The largest absolute Gasteiger partial charge is 0.416 e. The summed E-state index contributed by atoms with van der Waals surface area (Å²) in [6.07, 6.45) is -4.29. The summed E-state index contributed by atoms with van der Waals surface area (Å²) in [5.74, 6) is 0. The van der Waals surface area contributed by atoms with E-state index in [2.05, 4.69) is 0 Å². The Balaban J connectivity index is 0.000000921. The van der Waals surface area contributed by atoms with Crippen molar-refractivity contribution in [1.29, 1.82) is 0 Å². The Labute approximate surface area is 88.1 Å². The first-order chi connectivity index (χ1) is 6.82. The number of anilines is 1. The van der Waals surface area contributed by atoms with Crippen LogP contribution in [0.1, 0.15) is 30.5 Å². The Morgan fingerprint density at radius 3 is 1.60 bits per heavy atom. The van der Waals surface area contributed by atoms with Crippen molar-refractivity contribution < 1.29 is 13.2 Å². The minimum atomic E-state index is -4.29. The smallest absolute Gasteiger partial charge is 0.398 e. The average molecular weight is 219 g/mol. The fourth-order valence-electron chi connectivity index (χ4n) is 1.14. The molecule has 0 radical (unpaired) electrons. The highest BCUT2D eigenvalue weighted by Crippen LogP contribution is 2.32. The molecule has 0 aromatic heterocycles. The van der Waals surface area contributed by atoms with E-state index in [9.17, 15) is 13.2 Å². The van der Waals surface area contributed by atoms with Crippen molar-refractivity contribution >= 4 is 5.69 Å². The van der Waals surface area contributed by atoms with Gasteiger partial charge in [-0.2, -0.15) is 13.2 Å². The lowest BCUT2D eigenvalue weighted by molar-refractivity contribution is -0.137. The highest BCUT2D eigenvalue weighted by atomic mass is 19.4. The molecule has 0 bridgehead atoms. The van der Waals surface area contributed by atoms with E-state index in [1.54, 1.807) is 13.8 Å². The van der Waals surface area contributed by atoms with Crippen LogP contribution in [0.3, 0.4) is 0 Å². The van der Waals surface area contributed by atoms with Gasteiger partial charge in [0.15, 0.2) is 0 Å². The average Bonchev–Trinajstić information content (AvgIpc) is 2.15. The monoisotopic (exact) mass is 219 g/mol. The first-order valence-electron chi connectivity index (χ1n) is 4.76. The molecule has 4 heteroatoms. The van der Waals surface area contributed by atoms with Gasteiger partial charge >= 0.3 is 6.18 Å². The molecule has 2 N–H and O–H groups in total. The summed E-state index contributed by atoms with van der Waals surface area (Å²) in [5.41, 5.74) is 6.24. The van der Waals surface area contributed by atoms with Crippen LogP contribution in [0.5, 0.6) is 0 Å². The topological polar surface area (TPSA) is 26.0 Å². The van der Waals surface area contributed by atoms with E-state index >= 15 is 0 Å². The lowest BCUT2D eigenvalue weighted by Gasteiger charge is -2.11. The first-order valence-corrected chi connectivity index (χ1v) is 4.76. The summed E-state index contributed by atoms with van der Waals surface area (Å²) >= 11 is 0. The van der Waals surface area contributed by atoms with E-state index in [1.807, 2.05) is 13.8 Å². The highest BCUT2D eigenvalue weighted by Gasteiger charge is 2.31. The Morgan fingerprint density at radius 2 is 1.33 bits per heavy atom. The third-order valence-corrected chi connectivity index (χ3v) is 1.92. The number of alkyl halides is 3. The molecule has 0 atom stereocenters. The maximum Gasteiger partial charge on any atom is 0.416 e. The lowest BCUT2D eigenvalue weighted by atomic mass is 10.0. The van der Waals surface area contributed by atoms with Gasteiger partial charge in [0.1, 0.15) is 0 Å². The van der Waals surface area contributed by atoms with Gasteiger partial charge in [0.25, 0.3) is 0 Å². The predicted molar refractivity (Wildman–Crippen MR) is 56.7 cm³/mol. The standard InChI is InChI=1S/C9H10F3N.C2H6/c1-5-3-7(9(10,11)12)4-6(2)8(5)13;1-2/h3-4H,13H2,1-2H3;1-2H3. The molecule has 86 valence electrons. The van der Waals surface area contributed by atoms with Crippen LogP contribution in [0.2, 0.25) is 0 Å². The number of benzene rings is 1. The molecule has 0 amide bonds. The normalized spacial score (nSPS) is 10.6. The van der Waals surface area contributed by atoms with Crippen LogP contribution in [0.4, 0.5) is 18.9 Å². The van der Waals surface area contributed by atoms with Gasteiger partial charge < -0.3 is 5.73 Å². The van der Waals surface area contributed by atoms with E-state index < -0.39 is 11.7 Å². The van der Waals surface area contributed by atoms with Gasteiger partial charge in [-0.05, 0) is 37.1 Å². The minimum absolute atomic E-state index is 0.424. The molecule has 0 aliphatic rings. The zero-order valence-corrected chi connectivity index (χ0v) is 9.37. The molecule has 0 saturated heterocycles. The van der Waals surface area contributed by atoms with E-state index in [0.29, 0.717) is 16.8 Å². The molecule has 0 fully saturated rings. The Kier molecular flexibility index (Phi) is 4.65. The fraction of sp³-hybridized carbons (Fsp3) is 0.455. The number of nitrogen functional groups attached to an aromatic ring is 1. The van der Waals surface area contributed by atoms with Crippen molar-refractivity contribution in [2.24, 2.45) is 0 Å². The summed E-state index contributed by atoms with van der Waals surface area (Å²) in [7, 11) is 0. The summed E-state index contributed by atoms with van der Waals surface area (Å²) < 4.78 is 36.7. The first kappa shape index (κ1) is 13.8. The van der Waals surface area contributed by atoms with Crippen molar-refractivity contribution in [2.75, 3.05) is 5.73 Å². The van der Waals surface area contributed by atoms with Crippen LogP contribution >= 0.6 is 0 Å². The molecule has 15 heavy (non-hydrogen) atoms. The summed E-state index contributed by atoms with van der Waals surface area (Å²) in [6.45, 7) is 7.13. The lowest BCUT2D eigenvalue weighted by Crippen LogP contribution is -2.07. The van der Waals surface area contributed by atoms with Crippen LogP contribution in [0.25, 0.3) is 0 Å². The molecule has 1 nitrogen and oxygen atoms in total. The third-order valence-electron chi connectivity index (χ3n) is 1.92. The molecular weight excluding hydrogens is 203 g/mol. The maximum absolute atomic E-state index is 12.2. The van der Waals surface area contributed by atoms with E-state index in [-0.39, 0.29) is 0 Å². The molecule has 0 spiro atoms. The van der Waals surface area contributed by atoms with Gasteiger partial charge in [-0.1, -0.05) is 13.8 Å². The molecule has 0 aliphatic heterocycles. The maximum atomic E-state index is 12.2. The molecule has 0 aliphatic carbocycles. The number of hydrogen-bond donors (Lipinski definition) is 1. The fourth-order valence-corrected chi connectivity index (χ4v) is 1.14. The molecule has 0 unspecified atom stereocenters. The number of nitrogens with two attached hydrogens (primary N) is 1. The van der Waals surface area contributed by atoms with Gasteiger partial charge in [-0.3, -0.25) is 0 Å². The summed E-state index contributed by atoms with van der Waals surface area (Å²) in [4.78, 5) is 0. The molecular formula is C11H16F3N. The van der Waals surface area contributed by atoms with E-state index in [4.69, 9.17) is 5.73 Å². The van der Waals surface area contributed by atoms with Gasteiger partial charge in [0.2, 0.25) is 0 Å². The second-order valence-electron chi connectivity index (χ2n) is 3.02. The van der Waals surface area contributed by atoms with Crippen molar-refractivity contribution in [3.8, 4) is 0 Å². The van der Waals surface area contributed by atoms with Crippen LogP contribution in [-0.4, -0.2) is 0 Å². The number of aryl methyl sites for hydroxylation is 2. The second kappa shape index (κ2) is 5.05. The Hall–Kier alpha value is -1.19. The van der Waals surface area contributed by atoms with E-state index in [1.165, 1.54) is 0 Å². The number of hydrogen-bond acceptors (Lipinski definition) is 1. The highest BCUT2D eigenvalue weighted by molar-refractivity contribution is 5.54. The van der Waals surface area contributed by atoms with Crippen molar-refractivity contribution in [3.05, 3.63) is 28.8 Å². The molecule has 0 heterocycles. The quantitative estimate of drug-likeness (QED) is 0.657. The van der Waals surface area contributed by atoms with Gasteiger partial charge in [0.05, 0.1) is 5.56 Å². The molecule has 0 saturated carbocycles. The molecule has 1 rings (SSSR count). The minimum Gasteiger partial charge on any atom is -0.398 e. The van der Waals surface area contributed by atoms with Crippen LogP contribution < -0.4 is 5.73 Å². The van der Waals surface area contributed by atoms with E-state index in [0.717, 1.165) is 12.1 Å². The predicted octanol–water partition coefficient (Wildman–Crippen LogP) is 3.93. The zero-order valence-electron chi connectivity index (χ0n) is 9.37. The SMILES string of the molecule is CC.Cc1cc(C(F)(F)F)cc(C)c1N.